The highest BCUT2D eigenvalue weighted by Crippen LogP contribution is 2.31. The third kappa shape index (κ3) is 5.13. The summed E-state index contributed by atoms with van der Waals surface area (Å²) in [7, 11) is 0. The Morgan fingerprint density at radius 3 is 2.81 bits per heavy atom. The van der Waals surface area contributed by atoms with Crippen LogP contribution in [0.2, 0.25) is 5.02 Å². The number of nitrogens with one attached hydrogen (secondary N) is 1. The molecule has 0 spiro atoms. The van der Waals surface area contributed by atoms with Crippen molar-refractivity contribution in [3.8, 4) is 11.3 Å². The Morgan fingerprint density at radius 2 is 2.10 bits per heavy atom. The van der Waals surface area contributed by atoms with Crippen molar-refractivity contribution in [2.75, 3.05) is 6.54 Å². The van der Waals surface area contributed by atoms with Gasteiger partial charge in [-0.15, -0.1) is 0 Å². The van der Waals surface area contributed by atoms with Crippen molar-refractivity contribution < 1.29 is 4.42 Å². The predicted molar refractivity (Wildman–Crippen MR) is 90.7 cm³/mol. The van der Waals surface area contributed by atoms with Crippen molar-refractivity contribution in [3.63, 3.8) is 0 Å². The van der Waals surface area contributed by atoms with E-state index in [9.17, 15) is 0 Å². The van der Waals surface area contributed by atoms with Crippen LogP contribution in [0, 0.1) is 0 Å². The molecule has 1 aromatic heterocycles. The second-order valence-electron chi connectivity index (χ2n) is 6.02. The molecule has 0 aliphatic rings. The average Bonchev–Trinajstić information content (AvgIpc) is 2.85. The van der Waals surface area contributed by atoms with Gasteiger partial charge in [-0.3, -0.25) is 0 Å². The SMILES string of the molecule is CC(C)(C)NCCCc1ncc(-c2cc(Cl)ccc2Br)o1. The molecule has 114 valence electrons. The molecule has 0 saturated carbocycles. The van der Waals surface area contributed by atoms with Gasteiger partial charge in [0.05, 0.1) is 6.20 Å². The van der Waals surface area contributed by atoms with Gasteiger partial charge in [0, 0.05) is 27.0 Å². The standard InChI is InChI=1S/C16H20BrClN2O/c1-16(2,3)20-8-4-5-15-19-10-14(21-15)12-9-11(18)6-7-13(12)17/h6-7,9-10,20H,4-5,8H2,1-3H3. The Kier molecular flexibility index (Phi) is 5.47. The Labute approximate surface area is 139 Å². The van der Waals surface area contributed by atoms with Gasteiger partial charge in [-0.25, -0.2) is 4.98 Å². The van der Waals surface area contributed by atoms with Gasteiger partial charge in [0.1, 0.15) is 0 Å². The quantitative estimate of drug-likeness (QED) is 0.745. The summed E-state index contributed by atoms with van der Waals surface area (Å²) < 4.78 is 6.76. The second kappa shape index (κ2) is 6.95. The van der Waals surface area contributed by atoms with E-state index in [2.05, 4.69) is 47.0 Å². The Bertz CT molecular complexity index is 605. The fourth-order valence-electron chi connectivity index (χ4n) is 1.94. The maximum absolute atomic E-state index is 6.03. The van der Waals surface area contributed by atoms with Gasteiger partial charge >= 0.3 is 0 Å². The van der Waals surface area contributed by atoms with E-state index in [0.717, 1.165) is 41.1 Å². The monoisotopic (exact) mass is 370 g/mol. The molecule has 2 rings (SSSR count). The summed E-state index contributed by atoms with van der Waals surface area (Å²) >= 11 is 9.53. The van der Waals surface area contributed by atoms with E-state index in [-0.39, 0.29) is 5.54 Å². The molecule has 0 radical (unpaired) electrons. The smallest absolute Gasteiger partial charge is 0.194 e. The first-order valence-corrected chi connectivity index (χ1v) is 8.17. The number of rotatable bonds is 5. The molecule has 0 saturated heterocycles. The topological polar surface area (TPSA) is 38.1 Å². The molecular weight excluding hydrogens is 352 g/mol. The summed E-state index contributed by atoms with van der Waals surface area (Å²) in [4.78, 5) is 4.34. The maximum atomic E-state index is 6.03. The van der Waals surface area contributed by atoms with Crippen LogP contribution >= 0.6 is 27.5 Å². The van der Waals surface area contributed by atoms with Crippen LogP contribution in [0.3, 0.4) is 0 Å². The summed E-state index contributed by atoms with van der Waals surface area (Å²) in [6.07, 6.45) is 3.57. The highest BCUT2D eigenvalue weighted by atomic mass is 79.9. The van der Waals surface area contributed by atoms with Crippen LogP contribution < -0.4 is 5.32 Å². The molecule has 0 atom stereocenters. The van der Waals surface area contributed by atoms with Crippen molar-refractivity contribution in [2.45, 2.75) is 39.2 Å². The van der Waals surface area contributed by atoms with Gasteiger partial charge < -0.3 is 9.73 Å². The number of oxazole rings is 1. The molecule has 0 amide bonds. The molecular formula is C16H20BrClN2O. The van der Waals surface area contributed by atoms with Crippen LogP contribution in [0.4, 0.5) is 0 Å². The summed E-state index contributed by atoms with van der Waals surface area (Å²) in [5.74, 6) is 1.50. The number of aromatic nitrogens is 1. The number of nitrogens with zero attached hydrogens (tertiary/aromatic N) is 1. The zero-order chi connectivity index (χ0) is 15.5. The van der Waals surface area contributed by atoms with E-state index < -0.39 is 0 Å². The fourth-order valence-corrected chi connectivity index (χ4v) is 2.55. The number of halogens is 2. The molecule has 0 bridgehead atoms. The first-order valence-electron chi connectivity index (χ1n) is 7.00. The minimum absolute atomic E-state index is 0.146. The third-order valence-corrected chi connectivity index (χ3v) is 3.90. The lowest BCUT2D eigenvalue weighted by molar-refractivity contribution is 0.412. The number of hydrogen-bond acceptors (Lipinski definition) is 3. The third-order valence-electron chi connectivity index (χ3n) is 2.97. The van der Waals surface area contributed by atoms with Crippen LogP contribution in [0.15, 0.2) is 33.3 Å². The molecule has 1 N–H and O–H groups in total. The van der Waals surface area contributed by atoms with Crippen LogP contribution in [-0.2, 0) is 6.42 Å². The maximum Gasteiger partial charge on any atom is 0.194 e. The first-order chi connectivity index (χ1) is 9.85. The molecule has 0 unspecified atom stereocenters. The van der Waals surface area contributed by atoms with Crippen LogP contribution in [0.1, 0.15) is 33.1 Å². The van der Waals surface area contributed by atoms with Crippen molar-refractivity contribution in [1.82, 2.24) is 10.3 Å². The molecule has 5 heteroatoms. The first kappa shape index (κ1) is 16.5. The molecule has 21 heavy (non-hydrogen) atoms. The fraction of sp³-hybridized carbons (Fsp3) is 0.438. The lowest BCUT2D eigenvalue weighted by Gasteiger charge is -2.20. The molecule has 1 heterocycles. The van der Waals surface area contributed by atoms with E-state index in [1.54, 1.807) is 6.20 Å². The normalized spacial score (nSPS) is 11.9. The zero-order valence-corrected chi connectivity index (χ0v) is 14.9. The minimum atomic E-state index is 0.146. The van der Waals surface area contributed by atoms with E-state index in [0.29, 0.717) is 5.02 Å². The second-order valence-corrected chi connectivity index (χ2v) is 7.31. The Morgan fingerprint density at radius 1 is 1.33 bits per heavy atom. The summed E-state index contributed by atoms with van der Waals surface area (Å²) in [6, 6.07) is 5.62. The van der Waals surface area contributed by atoms with E-state index >= 15 is 0 Å². The highest BCUT2D eigenvalue weighted by Gasteiger charge is 2.11. The molecule has 0 aliphatic heterocycles. The summed E-state index contributed by atoms with van der Waals surface area (Å²) in [6.45, 7) is 7.43. The number of benzene rings is 1. The predicted octanol–water partition coefficient (Wildman–Crippen LogP) is 5.08. The van der Waals surface area contributed by atoms with Crippen LogP contribution in [0.25, 0.3) is 11.3 Å². The average molecular weight is 372 g/mol. The molecule has 0 aliphatic carbocycles. The van der Waals surface area contributed by atoms with Crippen LogP contribution in [0.5, 0.6) is 0 Å². The summed E-state index contributed by atoms with van der Waals surface area (Å²) in [5, 5.41) is 4.13. The van der Waals surface area contributed by atoms with E-state index in [1.165, 1.54) is 0 Å². The minimum Gasteiger partial charge on any atom is -0.441 e. The van der Waals surface area contributed by atoms with Gasteiger partial charge in [-0.2, -0.15) is 0 Å². The lowest BCUT2D eigenvalue weighted by atomic mass is 10.1. The van der Waals surface area contributed by atoms with Gasteiger partial charge in [-0.1, -0.05) is 27.5 Å². The molecule has 0 fully saturated rings. The van der Waals surface area contributed by atoms with Gasteiger partial charge in [-0.05, 0) is 51.9 Å². The summed E-state index contributed by atoms with van der Waals surface area (Å²) in [5.41, 5.74) is 1.07. The van der Waals surface area contributed by atoms with Crippen LogP contribution in [-0.4, -0.2) is 17.1 Å². The van der Waals surface area contributed by atoms with Crippen molar-refractivity contribution in [1.29, 1.82) is 0 Å². The van der Waals surface area contributed by atoms with Crippen molar-refractivity contribution in [3.05, 3.63) is 39.8 Å². The van der Waals surface area contributed by atoms with Gasteiger partial charge in [0.15, 0.2) is 11.7 Å². The number of aryl methyl sites for hydroxylation is 1. The number of hydrogen-bond donors (Lipinski definition) is 1. The molecule has 1 aromatic carbocycles. The highest BCUT2D eigenvalue weighted by molar-refractivity contribution is 9.10. The Hall–Kier alpha value is -0.840. The molecule has 3 nitrogen and oxygen atoms in total. The van der Waals surface area contributed by atoms with Crippen molar-refractivity contribution in [2.24, 2.45) is 0 Å². The van der Waals surface area contributed by atoms with E-state index in [4.69, 9.17) is 16.0 Å². The largest absolute Gasteiger partial charge is 0.441 e. The van der Waals surface area contributed by atoms with E-state index in [1.807, 2.05) is 18.2 Å². The Balaban J connectivity index is 1.97. The van der Waals surface area contributed by atoms with Gasteiger partial charge in [0.25, 0.3) is 0 Å². The lowest BCUT2D eigenvalue weighted by Crippen LogP contribution is -2.36. The molecule has 2 aromatic rings. The van der Waals surface area contributed by atoms with Crippen molar-refractivity contribution >= 4 is 27.5 Å². The zero-order valence-electron chi connectivity index (χ0n) is 12.5. The van der Waals surface area contributed by atoms with Gasteiger partial charge in [0.2, 0.25) is 0 Å².